The Morgan fingerprint density at radius 2 is 1.50 bits per heavy atom. The van der Waals surface area contributed by atoms with Crippen LogP contribution < -0.4 is 0 Å². The molecule has 7 heteroatoms. The van der Waals surface area contributed by atoms with E-state index in [0.717, 1.165) is 12.8 Å². The van der Waals surface area contributed by atoms with Crippen molar-refractivity contribution in [2.24, 2.45) is 0 Å². The number of aliphatic hydroxyl groups is 1. The van der Waals surface area contributed by atoms with Gasteiger partial charge in [0, 0.05) is 33.3 Å². The van der Waals surface area contributed by atoms with Crippen LogP contribution in [0.15, 0.2) is 0 Å². The molecule has 0 bridgehead atoms. The summed E-state index contributed by atoms with van der Waals surface area (Å²) in [6.45, 7) is 5.42. The van der Waals surface area contributed by atoms with E-state index in [1.807, 2.05) is 13.8 Å². The molecule has 0 aliphatic heterocycles. The highest BCUT2D eigenvalue weighted by Crippen LogP contribution is 2.10. The van der Waals surface area contributed by atoms with Crippen molar-refractivity contribution in [3.8, 4) is 0 Å². The lowest BCUT2D eigenvalue weighted by Gasteiger charge is -2.29. The van der Waals surface area contributed by atoms with Gasteiger partial charge in [-0.1, -0.05) is 13.8 Å². The van der Waals surface area contributed by atoms with Crippen molar-refractivity contribution in [2.75, 3.05) is 46.5 Å². The van der Waals surface area contributed by atoms with Crippen molar-refractivity contribution < 1.29 is 18.3 Å². The average molecular weight is 282 g/mol. The fraction of sp³-hybridized carbons (Fsp3) is 1.00. The summed E-state index contributed by atoms with van der Waals surface area (Å²) in [7, 11) is -1.97. The maximum atomic E-state index is 12.4. The van der Waals surface area contributed by atoms with E-state index in [-0.39, 0.29) is 19.7 Å². The first-order valence-electron chi connectivity index (χ1n) is 6.39. The maximum Gasteiger partial charge on any atom is 0.282 e. The maximum absolute atomic E-state index is 12.4. The first-order chi connectivity index (χ1) is 8.54. The molecule has 0 spiro atoms. The second-order valence-corrected chi connectivity index (χ2v) is 5.95. The summed E-state index contributed by atoms with van der Waals surface area (Å²) in [5, 5.41) is 8.98. The Hall–Kier alpha value is -0.210. The lowest BCUT2D eigenvalue weighted by atomic mass is 10.4. The largest absolute Gasteiger partial charge is 0.395 e. The first-order valence-corrected chi connectivity index (χ1v) is 7.79. The zero-order valence-corrected chi connectivity index (χ0v) is 12.4. The van der Waals surface area contributed by atoms with Gasteiger partial charge in [0.1, 0.15) is 0 Å². The summed E-state index contributed by atoms with van der Waals surface area (Å²) in [4.78, 5) is 0. The highest BCUT2D eigenvalue weighted by Gasteiger charge is 2.27. The Bertz CT molecular complexity index is 289. The van der Waals surface area contributed by atoms with Crippen LogP contribution in [0.4, 0.5) is 0 Å². The average Bonchev–Trinajstić information content (AvgIpc) is 2.34. The van der Waals surface area contributed by atoms with E-state index in [2.05, 4.69) is 0 Å². The third-order valence-corrected chi connectivity index (χ3v) is 4.53. The minimum absolute atomic E-state index is 0.107. The number of methoxy groups -OCH3 is 1. The normalized spacial score (nSPS) is 12.6. The molecule has 0 amide bonds. The minimum Gasteiger partial charge on any atom is -0.395 e. The van der Waals surface area contributed by atoms with E-state index in [9.17, 15) is 8.42 Å². The molecule has 110 valence electrons. The lowest BCUT2D eigenvalue weighted by Crippen LogP contribution is -2.46. The molecule has 18 heavy (non-hydrogen) atoms. The molecular formula is C11H26N2O4S. The number of ether oxygens (including phenoxy) is 1. The van der Waals surface area contributed by atoms with E-state index in [0.29, 0.717) is 19.7 Å². The third-order valence-electron chi connectivity index (χ3n) is 2.49. The van der Waals surface area contributed by atoms with Gasteiger partial charge in [0.25, 0.3) is 10.2 Å². The van der Waals surface area contributed by atoms with Crippen LogP contribution in [0.3, 0.4) is 0 Å². The molecule has 0 fully saturated rings. The molecule has 0 aromatic heterocycles. The van der Waals surface area contributed by atoms with Gasteiger partial charge in [-0.2, -0.15) is 17.0 Å². The summed E-state index contributed by atoms with van der Waals surface area (Å²) in [5.41, 5.74) is 0. The van der Waals surface area contributed by atoms with Gasteiger partial charge in [0.05, 0.1) is 13.2 Å². The van der Waals surface area contributed by atoms with Crippen LogP contribution in [-0.4, -0.2) is 68.6 Å². The predicted octanol–water partition coefficient (Wildman–Crippen LogP) is 0.294. The molecule has 0 unspecified atom stereocenters. The number of hydrogen-bond acceptors (Lipinski definition) is 4. The highest BCUT2D eigenvalue weighted by atomic mass is 32.2. The van der Waals surface area contributed by atoms with E-state index in [1.54, 1.807) is 0 Å². The van der Waals surface area contributed by atoms with Crippen LogP contribution in [-0.2, 0) is 14.9 Å². The van der Waals surface area contributed by atoms with Crippen LogP contribution in [0, 0.1) is 0 Å². The molecule has 0 saturated carbocycles. The Morgan fingerprint density at radius 1 is 1.00 bits per heavy atom. The monoisotopic (exact) mass is 282 g/mol. The second-order valence-electron chi connectivity index (χ2n) is 4.02. The summed E-state index contributed by atoms with van der Waals surface area (Å²) >= 11 is 0. The van der Waals surface area contributed by atoms with E-state index in [4.69, 9.17) is 9.84 Å². The summed E-state index contributed by atoms with van der Waals surface area (Å²) in [6, 6.07) is 0. The Labute approximate surface area is 111 Å². The molecule has 6 nitrogen and oxygen atoms in total. The molecule has 0 atom stereocenters. The van der Waals surface area contributed by atoms with Crippen LogP contribution in [0.25, 0.3) is 0 Å². The van der Waals surface area contributed by atoms with Gasteiger partial charge >= 0.3 is 0 Å². The lowest BCUT2D eigenvalue weighted by molar-refractivity contribution is 0.164. The van der Waals surface area contributed by atoms with Gasteiger partial charge in [-0.15, -0.1) is 0 Å². The molecular weight excluding hydrogens is 256 g/mol. The quantitative estimate of drug-likeness (QED) is 0.591. The van der Waals surface area contributed by atoms with Gasteiger partial charge in [-0.05, 0) is 12.8 Å². The van der Waals surface area contributed by atoms with Crippen molar-refractivity contribution in [3.63, 3.8) is 0 Å². The molecule has 0 aliphatic rings. The molecule has 0 aromatic rings. The number of aliphatic hydroxyl groups excluding tert-OH is 1. The van der Waals surface area contributed by atoms with Crippen molar-refractivity contribution in [2.45, 2.75) is 26.7 Å². The zero-order chi connectivity index (χ0) is 14.0. The number of hydrogen-bond donors (Lipinski definition) is 1. The van der Waals surface area contributed by atoms with E-state index >= 15 is 0 Å². The Kier molecular flexibility index (Phi) is 9.57. The fourth-order valence-electron chi connectivity index (χ4n) is 1.65. The highest BCUT2D eigenvalue weighted by molar-refractivity contribution is 7.86. The Morgan fingerprint density at radius 3 is 1.89 bits per heavy atom. The van der Waals surface area contributed by atoms with Crippen molar-refractivity contribution in [1.82, 2.24) is 8.61 Å². The molecule has 1 N–H and O–H groups in total. The zero-order valence-electron chi connectivity index (χ0n) is 11.6. The minimum atomic E-state index is -3.50. The molecule has 0 rings (SSSR count). The van der Waals surface area contributed by atoms with Crippen LogP contribution >= 0.6 is 0 Å². The molecule has 0 aromatic carbocycles. The molecule has 0 heterocycles. The predicted molar refractivity (Wildman–Crippen MR) is 71.6 cm³/mol. The van der Waals surface area contributed by atoms with Crippen LogP contribution in [0.5, 0.6) is 0 Å². The van der Waals surface area contributed by atoms with Gasteiger partial charge in [0.2, 0.25) is 0 Å². The summed E-state index contributed by atoms with van der Waals surface area (Å²) < 4.78 is 32.4. The molecule has 0 aliphatic carbocycles. The van der Waals surface area contributed by atoms with Gasteiger partial charge in [-0.25, -0.2) is 0 Å². The summed E-state index contributed by atoms with van der Waals surface area (Å²) in [6.07, 6.45) is 1.55. The third kappa shape index (κ3) is 5.62. The van der Waals surface area contributed by atoms with Crippen molar-refractivity contribution >= 4 is 10.2 Å². The first kappa shape index (κ1) is 17.8. The molecule has 0 radical (unpaired) electrons. The van der Waals surface area contributed by atoms with Gasteiger partial charge < -0.3 is 9.84 Å². The van der Waals surface area contributed by atoms with E-state index < -0.39 is 10.2 Å². The molecule has 0 saturated heterocycles. The van der Waals surface area contributed by atoms with Crippen molar-refractivity contribution in [1.29, 1.82) is 0 Å². The Balaban J connectivity index is 4.85. The van der Waals surface area contributed by atoms with Gasteiger partial charge in [-0.3, -0.25) is 0 Å². The SMILES string of the molecule is CCCN(CCC)S(=O)(=O)N(CCO)CCOC. The smallest absolute Gasteiger partial charge is 0.282 e. The van der Waals surface area contributed by atoms with E-state index in [1.165, 1.54) is 15.7 Å². The van der Waals surface area contributed by atoms with Crippen molar-refractivity contribution in [3.05, 3.63) is 0 Å². The summed E-state index contributed by atoms with van der Waals surface area (Å²) in [5.74, 6) is 0. The second kappa shape index (κ2) is 9.69. The topological polar surface area (TPSA) is 70.1 Å². The van der Waals surface area contributed by atoms with Crippen LogP contribution in [0.2, 0.25) is 0 Å². The standard InChI is InChI=1S/C11H26N2O4S/c1-4-6-12(7-5-2)18(15,16)13(8-10-14)9-11-17-3/h14H,4-11H2,1-3H3. The number of rotatable bonds is 11. The van der Waals surface area contributed by atoms with Crippen LogP contribution in [0.1, 0.15) is 26.7 Å². The number of nitrogens with zero attached hydrogens (tertiary/aromatic N) is 2. The van der Waals surface area contributed by atoms with Gasteiger partial charge in [0.15, 0.2) is 0 Å². The fourth-order valence-corrected chi connectivity index (χ4v) is 3.42.